The average Bonchev–Trinajstić information content (AvgIpc) is 2.58. The Bertz CT molecular complexity index is 464. The van der Waals surface area contributed by atoms with Crippen LogP contribution in [0, 0.1) is 0 Å². The second-order valence-electron chi connectivity index (χ2n) is 2.94. The zero-order valence-electron chi connectivity index (χ0n) is 7.42. The standard InChI is InChI=1S/C9H9N3O2/c13-9(14)5-4-8-11-10-7-3-1-2-6-12(7)8/h1-3,6H,4-5H2,(H,13,14). The van der Waals surface area contributed by atoms with E-state index < -0.39 is 5.97 Å². The van der Waals surface area contributed by atoms with Crippen LogP contribution >= 0.6 is 0 Å². The smallest absolute Gasteiger partial charge is 0.303 e. The van der Waals surface area contributed by atoms with E-state index in [1.807, 2.05) is 24.4 Å². The van der Waals surface area contributed by atoms with Crippen molar-refractivity contribution in [2.75, 3.05) is 0 Å². The largest absolute Gasteiger partial charge is 0.481 e. The fourth-order valence-electron chi connectivity index (χ4n) is 1.28. The molecule has 5 nitrogen and oxygen atoms in total. The molecule has 1 N–H and O–H groups in total. The first-order valence-electron chi connectivity index (χ1n) is 4.28. The molecular formula is C9H9N3O2. The van der Waals surface area contributed by atoms with Gasteiger partial charge in [-0.1, -0.05) is 6.07 Å². The number of rotatable bonds is 3. The van der Waals surface area contributed by atoms with Gasteiger partial charge in [0, 0.05) is 12.6 Å². The van der Waals surface area contributed by atoms with Gasteiger partial charge in [-0.25, -0.2) is 0 Å². The maximum absolute atomic E-state index is 10.4. The minimum Gasteiger partial charge on any atom is -0.481 e. The first-order chi connectivity index (χ1) is 6.77. The summed E-state index contributed by atoms with van der Waals surface area (Å²) in [7, 11) is 0. The van der Waals surface area contributed by atoms with E-state index in [-0.39, 0.29) is 6.42 Å². The molecule has 0 radical (unpaired) electrons. The Morgan fingerprint density at radius 1 is 1.43 bits per heavy atom. The number of aliphatic carboxylic acids is 1. The van der Waals surface area contributed by atoms with Crippen LogP contribution in [0.5, 0.6) is 0 Å². The third-order valence-electron chi connectivity index (χ3n) is 1.95. The van der Waals surface area contributed by atoms with E-state index in [2.05, 4.69) is 10.2 Å². The minimum atomic E-state index is -0.822. The summed E-state index contributed by atoms with van der Waals surface area (Å²) in [6, 6.07) is 5.56. The summed E-state index contributed by atoms with van der Waals surface area (Å²) in [5, 5.41) is 16.4. The van der Waals surface area contributed by atoms with Crippen molar-refractivity contribution in [2.24, 2.45) is 0 Å². The van der Waals surface area contributed by atoms with Crippen molar-refractivity contribution in [3.63, 3.8) is 0 Å². The summed E-state index contributed by atoms with van der Waals surface area (Å²) in [5.41, 5.74) is 0.743. The van der Waals surface area contributed by atoms with Crippen molar-refractivity contribution in [2.45, 2.75) is 12.8 Å². The van der Waals surface area contributed by atoms with Gasteiger partial charge in [-0.3, -0.25) is 9.20 Å². The van der Waals surface area contributed by atoms with Crippen LogP contribution in [0.3, 0.4) is 0 Å². The first kappa shape index (κ1) is 8.68. The Balaban J connectivity index is 2.29. The van der Waals surface area contributed by atoms with Crippen molar-refractivity contribution in [1.82, 2.24) is 14.6 Å². The zero-order valence-corrected chi connectivity index (χ0v) is 7.42. The van der Waals surface area contributed by atoms with Gasteiger partial charge >= 0.3 is 5.97 Å². The number of hydrogen-bond donors (Lipinski definition) is 1. The highest BCUT2D eigenvalue weighted by Crippen LogP contribution is 2.04. The highest BCUT2D eigenvalue weighted by molar-refractivity contribution is 5.66. The molecule has 2 heterocycles. The number of fused-ring (bicyclic) bond motifs is 1. The number of carbonyl (C=O) groups is 1. The second-order valence-corrected chi connectivity index (χ2v) is 2.94. The lowest BCUT2D eigenvalue weighted by Gasteiger charge is -1.95. The molecule has 0 atom stereocenters. The third-order valence-corrected chi connectivity index (χ3v) is 1.95. The number of aryl methyl sites for hydroxylation is 1. The fraction of sp³-hybridized carbons (Fsp3) is 0.222. The van der Waals surface area contributed by atoms with Crippen LogP contribution in [-0.2, 0) is 11.2 Å². The van der Waals surface area contributed by atoms with Gasteiger partial charge in [-0.05, 0) is 12.1 Å². The lowest BCUT2D eigenvalue weighted by molar-refractivity contribution is -0.137. The van der Waals surface area contributed by atoms with Gasteiger partial charge in [0.25, 0.3) is 0 Å². The molecular weight excluding hydrogens is 182 g/mol. The lowest BCUT2D eigenvalue weighted by atomic mass is 10.3. The van der Waals surface area contributed by atoms with E-state index in [1.165, 1.54) is 0 Å². The number of nitrogens with zero attached hydrogens (tertiary/aromatic N) is 3. The number of carboxylic acids is 1. The average molecular weight is 191 g/mol. The van der Waals surface area contributed by atoms with Gasteiger partial charge in [-0.15, -0.1) is 10.2 Å². The molecule has 0 saturated heterocycles. The van der Waals surface area contributed by atoms with Crippen LogP contribution < -0.4 is 0 Å². The molecule has 2 aromatic heterocycles. The third kappa shape index (κ3) is 1.56. The Morgan fingerprint density at radius 2 is 2.29 bits per heavy atom. The van der Waals surface area contributed by atoms with Crippen LogP contribution in [0.4, 0.5) is 0 Å². The number of aromatic nitrogens is 3. The minimum absolute atomic E-state index is 0.0791. The van der Waals surface area contributed by atoms with Crippen molar-refractivity contribution < 1.29 is 9.90 Å². The molecule has 72 valence electrons. The molecule has 0 aliphatic carbocycles. The van der Waals surface area contributed by atoms with Gasteiger partial charge < -0.3 is 5.11 Å². The Hall–Kier alpha value is -1.91. The topological polar surface area (TPSA) is 67.5 Å². The molecule has 2 rings (SSSR count). The van der Waals surface area contributed by atoms with E-state index in [1.54, 1.807) is 4.40 Å². The summed E-state index contributed by atoms with van der Waals surface area (Å²) in [6.07, 6.45) is 2.31. The normalized spacial score (nSPS) is 10.6. The Labute approximate surface area is 80.0 Å². The number of pyridine rings is 1. The first-order valence-corrected chi connectivity index (χ1v) is 4.28. The molecule has 14 heavy (non-hydrogen) atoms. The lowest BCUT2D eigenvalue weighted by Crippen LogP contribution is -2.01. The van der Waals surface area contributed by atoms with E-state index in [9.17, 15) is 4.79 Å². The van der Waals surface area contributed by atoms with Crippen molar-refractivity contribution in [3.05, 3.63) is 30.2 Å². The predicted octanol–water partition coefficient (Wildman–Crippen LogP) is 0.746. The summed E-state index contributed by atoms with van der Waals surface area (Å²) in [5.74, 6) is -0.138. The van der Waals surface area contributed by atoms with Crippen LogP contribution in [0.2, 0.25) is 0 Å². The van der Waals surface area contributed by atoms with Gasteiger partial charge in [-0.2, -0.15) is 0 Å². The van der Waals surface area contributed by atoms with Gasteiger partial charge in [0.15, 0.2) is 5.65 Å². The molecule has 0 fully saturated rings. The highest BCUT2D eigenvalue weighted by Gasteiger charge is 2.06. The van der Waals surface area contributed by atoms with Gasteiger partial charge in [0.05, 0.1) is 6.42 Å². The quantitative estimate of drug-likeness (QED) is 0.777. The van der Waals surface area contributed by atoms with Crippen LogP contribution in [-0.4, -0.2) is 25.7 Å². The number of hydrogen-bond acceptors (Lipinski definition) is 3. The Morgan fingerprint density at radius 3 is 3.07 bits per heavy atom. The SMILES string of the molecule is O=C(O)CCc1nnc2ccccn12. The van der Waals surface area contributed by atoms with Crippen molar-refractivity contribution in [3.8, 4) is 0 Å². The van der Waals surface area contributed by atoms with E-state index in [4.69, 9.17) is 5.11 Å². The van der Waals surface area contributed by atoms with Crippen molar-refractivity contribution >= 4 is 11.6 Å². The maximum atomic E-state index is 10.4. The maximum Gasteiger partial charge on any atom is 0.303 e. The number of carboxylic acid groups (broad SMARTS) is 1. The van der Waals surface area contributed by atoms with Gasteiger partial charge in [0.1, 0.15) is 5.82 Å². The van der Waals surface area contributed by atoms with Crippen LogP contribution in [0.1, 0.15) is 12.2 Å². The van der Waals surface area contributed by atoms with Crippen molar-refractivity contribution in [1.29, 1.82) is 0 Å². The molecule has 2 aromatic rings. The summed E-state index contributed by atoms with van der Waals surface area (Å²) < 4.78 is 1.79. The molecule has 0 aliphatic heterocycles. The zero-order chi connectivity index (χ0) is 9.97. The monoisotopic (exact) mass is 191 g/mol. The Kier molecular flexibility index (Phi) is 2.14. The molecule has 0 bridgehead atoms. The van der Waals surface area contributed by atoms with Crippen LogP contribution in [0.25, 0.3) is 5.65 Å². The molecule has 0 aromatic carbocycles. The van der Waals surface area contributed by atoms with E-state index in [0.29, 0.717) is 12.2 Å². The molecule has 5 heteroatoms. The summed E-state index contributed by atoms with van der Waals surface area (Å²) >= 11 is 0. The van der Waals surface area contributed by atoms with E-state index in [0.717, 1.165) is 5.65 Å². The molecule has 0 amide bonds. The predicted molar refractivity (Wildman–Crippen MR) is 48.9 cm³/mol. The molecule has 0 spiro atoms. The van der Waals surface area contributed by atoms with Gasteiger partial charge in [0.2, 0.25) is 0 Å². The van der Waals surface area contributed by atoms with E-state index >= 15 is 0 Å². The fourth-order valence-corrected chi connectivity index (χ4v) is 1.28. The summed E-state index contributed by atoms with van der Waals surface area (Å²) in [4.78, 5) is 10.4. The molecule has 0 aliphatic rings. The highest BCUT2D eigenvalue weighted by atomic mass is 16.4. The molecule has 0 unspecified atom stereocenters. The summed E-state index contributed by atoms with van der Waals surface area (Å²) in [6.45, 7) is 0. The molecule has 0 saturated carbocycles. The van der Waals surface area contributed by atoms with Crippen LogP contribution in [0.15, 0.2) is 24.4 Å². The second kappa shape index (κ2) is 3.45.